The molecule has 0 saturated heterocycles. The second-order valence-corrected chi connectivity index (χ2v) is 8.10. The molecule has 0 aliphatic rings. The molecule has 0 saturated carbocycles. The van der Waals surface area contributed by atoms with Crippen molar-refractivity contribution in [2.24, 2.45) is 5.10 Å². The fraction of sp³-hybridized carbons (Fsp3) is 0.222. The summed E-state index contributed by atoms with van der Waals surface area (Å²) in [6, 6.07) is 17.4. The van der Waals surface area contributed by atoms with Gasteiger partial charge < -0.3 is 14.8 Å². The molecule has 7 nitrogen and oxygen atoms in total. The zero-order chi connectivity index (χ0) is 26.8. The van der Waals surface area contributed by atoms with Crippen LogP contribution in [0.5, 0.6) is 11.5 Å². The molecule has 37 heavy (non-hydrogen) atoms. The highest BCUT2D eigenvalue weighted by atomic mass is 19.4. The summed E-state index contributed by atoms with van der Waals surface area (Å²) in [7, 11) is 1.52. The molecule has 3 aromatic carbocycles. The van der Waals surface area contributed by atoms with Crippen LogP contribution in [0.3, 0.4) is 0 Å². The summed E-state index contributed by atoms with van der Waals surface area (Å²) >= 11 is 0. The quantitative estimate of drug-likeness (QED) is 0.278. The molecule has 0 aromatic heterocycles. The fourth-order valence-electron chi connectivity index (χ4n) is 3.19. The summed E-state index contributed by atoms with van der Waals surface area (Å²) in [5, 5.41) is 6.22. The number of amides is 2. The molecular formula is C27H26F3N3O4. The first-order valence-corrected chi connectivity index (χ1v) is 11.3. The molecule has 0 unspecified atom stereocenters. The lowest BCUT2D eigenvalue weighted by molar-refractivity contribution is -0.137. The largest absolute Gasteiger partial charge is 0.493 e. The maximum atomic E-state index is 12.8. The molecule has 10 heteroatoms. The van der Waals surface area contributed by atoms with Crippen molar-refractivity contribution in [2.45, 2.75) is 32.5 Å². The van der Waals surface area contributed by atoms with Crippen LogP contribution in [0.25, 0.3) is 0 Å². The van der Waals surface area contributed by atoms with Crippen LogP contribution in [-0.2, 0) is 22.4 Å². The number of benzene rings is 3. The van der Waals surface area contributed by atoms with E-state index < -0.39 is 23.6 Å². The van der Waals surface area contributed by atoms with Crippen molar-refractivity contribution >= 4 is 23.7 Å². The first-order valence-electron chi connectivity index (χ1n) is 11.3. The first-order chi connectivity index (χ1) is 17.6. The molecule has 0 radical (unpaired) electrons. The Labute approximate surface area is 212 Å². The topological polar surface area (TPSA) is 89.0 Å². The van der Waals surface area contributed by atoms with Gasteiger partial charge in [-0.05, 0) is 54.4 Å². The number of hydrogen-bond donors (Lipinski definition) is 2. The van der Waals surface area contributed by atoms with Gasteiger partial charge >= 0.3 is 6.18 Å². The van der Waals surface area contributed by atoms with Crippen LogP contribution < -0.4 is 20.2 Å². The van der Waals surface area contributed by atoms with Gasteiger partial charge in [0.1, 0.15) is 6.61 Å². The summed E-state index contributed by atoms with van der Waals surface area (Å²) in [4.78, 5) is 24.0. The Bertz CT molecular complexity index is 1260. The number of carbonyl (C=O) groups is 2. The van der Waals surface area contributed by atoms with Crippen molar-refractivity contribution in [1.29, 1.82) is 0 Å². The smallest absolute Gasteiger partial charge is 0.416 e. The Morgan fingerprint density at radius 2 is 1.68 bits per heavy atom. The Kier molecular flexibility index (Phi) is 9.26. The number of hydrazone groups is 1. The molecule has 194 valence electrons. The third-order valence-corrected chi connectivity index (χ3v) is 5.16. The van der Waals surface area contributed by atoms with E-state index in [-0.39, 0.29) is 18.5 Å². The Morgan fingerprint density at radius 3 is 2.38 bits per heavy atom. The summed E-state index contributed by atoms with van der Waals surface area (Å²) in [6.45, 7) is 2.39. The van der Waals surface area contributed by atoms with Gasteiger partial charge in [-0.3, -0.25) is 9.59 Å². The molecule has 2 N–H and O–H groups in total. The van der Waals surface area contributed by atoms with E-state index in [2.05, 4.69) is 15.8 Å². The van der Waals surface area contributed by atoms with E-state index in [0.717, 1.165) is 23.3 Å². The standard InChI is InChI=1S/C27H26F3N3O4/c1-18-6-8-19(9-7-18)17-37-23-11-10-20(14-24(23)36-2)16-31-33-26(35)13-12-25(34)32-22-5-3-4-21(15-22)27(28,29)30/h3-11,14-16H,12-13,17H2,1-2H3,(H,32,34)(H,33,35). The fourth-order valence-corrected chi connectivity index (χ4v) is 3.19. The number of hydrogen-bond acceptors (Lipinski definition) is 5. The van der Waals surface area contributed by atoms with Crippen molar-refractivity contribution < 1.29 is 32.2 Å². The molecule has 2 amide bonds. The van der Waals surface area contributed by atoms with Crippen molar-refractivity contribution in [2.75, 3.05) is 12.4 Å². The van der Waals surface area contributed by atoms with Gasteiger partial charge in [-0.2, -0.15) is 18.3 Å². The number of carbonyl (C=O) groups excluding carboxylic acids is 2. The lowest BCUT2D eigenvalue weighted by atomic mass is 10.2. The van der Waals surface area contributed by atoms with Crippen LogP contribution in [0.1, 0.15) is 35.1 Å². The van der Waals surface area contributed by atoms with Crippen LogP contribution in [0, 0.1) is 6.92 Å². The number of nitrogens with zero attached hydrogens (tertiary/aromatic N) is 1. The lowest BCUT2D eigenvalue weighted by Crippen LogP contribution is -2.20. The number of nitrogens with one attached hydrogen (secondary N) is 2. The molecule has 0 heterocycles. The Hall–Kier alpha value is -4.34. The second-order valence-electron chi connectivity index (χ2n) is 8.10. The third kappa shape index (κ3) is 8.68. The maximum absolute atomic E-state index is 12.8. The number of aryl methyl sites for hydroxylation is 1. The number of anilines is 1. The highest BCUT2D eigenvalue weighted by Gasteiger charge is 2.30. The minimum atomic E-state index is -4.52. The predicted octanol–water partition coefficient (Wildman–Crippen LogP) is 5.47. The van der Waals surface area contributed by atoms with E-state index in [0.29, 0.717) is 23.7 Å². The zero-order valence-corrected chi connectivity index (χ0v) is 20.3. The number of ether oxygens (including phenoxy) is 2. The van der Waals surface area contributed by atoms with E-state index in [1.165, 1.54) is 25.5 Å². The SMILES string of the molecule is COc1cc(C=NNC(=O)CCC(=O)Nc2cccc(C(F)(F)F)c2)ccc1OCc1ccc(C)cc1. The molecule has 3 rings (SSSR count). The van der Waals surface area contributed by atoms with Gasteiger partial charge in [0, 0.05) is 18.5 Å². The van der Waals surface area contributed by atoms with Crippen molar-refractivity contribution in [1.82, 2.24) is 5.43 Å². The molecule has 0 fully saturated rings. The minimum Gasteiger partial charge on any atom is -0.493 e. The maximum Gasteiger partial charge on any atom is 0.416 e. The number of halogens is 3. The molecule has 3 aromatic rings. The van der Waals surface area contributed by atoms with Gasteiger partial charge in [-0.25, -0.2) is 5.43 Å². The molecular weight excluding hydrogens is 487 g/mol. The molecule has 0 aliphatic carbocycles. The van der Waals surface area contributed by atoms with Gasteiger partial charge in [0.15, 0.2) is 11.5 Å². The normalized spacial score (nSPS) is 11.3. The summed E-state index contributed by atoms with van der Waals surface area (Å²) < 4.78 is 49.6. The molecule has 0 bridgehead atoms. The number of alkyl halides is 3. The van der Waals surface area contributed by atoms with Gasteiger partial charge in [-0.15, -0.1) is 0 Å². The second kappa shape index (κ2) is 12.6. The first kappa shape index (κ1) is 27.3. The number of rotatable bonds is 10. The molecule has 0 atom stereocenters. The van der Waals surface area contributed by atoms with Gasteiger partial charge in [0.25, 0.3) is 0 Å². The Morgan fingerprint density at radius 1 is 0.946 bits per heavy atom. The zero-order valence-electron chi connectivity index (χ0n) is 20.3. The Balaban J connectivity index is 1.46. The van der Waals surface area contributed by atoms with Crippen molar-refractivity contribution in [3.8, 4) is 11.5 Å². The van der Waals surface area contributed by atoms with Gasteiger partial charge in [0.2, 0.25) is 11.8 Å². The van der Waals surface area contributed by atoms with Crippen molar-refractivity contribution in [3.63, 3.8) is 0 Å². The van der Waals surface area contributed by atoms with Crippen LogP contribution in [0.4, 0.5) is 18.9 Å². The minimum absolute atomic E-state index is 0.00139. The van der Waals surface area contributed by atoms with Crippen LogP contribution >= 0.6 is 0 Å². The average Bonchev–Trinajstić information content (AvgIpc) is 2.87. The van der Waals surface area contributed by atoms with E-state index in [1.807, 2.05) is 31.2 Å². The highest BCUT2D eigenvalue weighted by Crippen LogP contribution is 2.31. The van der Waals surface area contributed by atoms with Crippen LogP contribution in [-0.4, -0.2) is 25.1 Å². The predicted molar refractivity (Wildman–Crippen MR) is 134 cm³/mol. The van der Waals surface area contributed by atoms with E-state index in [4.69, 9.17) is 9.47 Å². The number of methoxy groups -OCH3 is 1. The van der Waals surface area contributed by atoms with E-state index in [1.54, 1.807) is 18.2 Å². The molecule has 0 aliphatic heterocycles. The lowest BCUT2D eigenvalue weighted by Gasteiger charge is -2.11. The van der Waals surface area contributed by atoms with Crippen LogP contribution in [0.2, 0.25) is 0 Å². The summed E-state index contributed by atoms with van der Waals surface area (Å²) in [5.41, 5.74) is 4.26. The summed E-state index contributed by atoms with van der Waals surface area (Å²) in [5.74, 6) is -0.0745. The van der Waals surface area contributed by atoms with Crippen LogP contribution in [0.15, 0.2) is 71.8 Å². The summed E-state index contributed by atoms with van der Waals surface area (Å²) in [6.07, 6.45) is -3.53. The van der Waals surface area contributed by atoms with E-state index in [9.17, 15) is 22.8 Å². The van der Waals surface area contributed by atoms with E-state index >= 15 is 0 Å². The monoisotopic (exact) mass is 513 g/mol. The highest BCUT2D eigenvalue weighted by molar-refractivity contribution is 5.93. The molecule has 0 spiro atoms. The average molecular weight is 514 g/mol. The van der Waals surface area contributed by atoms with Gasteiger partial charge in [0.05, 0.1) is 18.9 Å². The van der Waals surface area contributed by atoms with Gasteiger partial charge in [-0.1, -0.05) is 35.9 Å². The van der Waals surface area contributed by atoms with Crippen molar-refractivity contribution in [3.05, 3.63) is 89.0 Å². The third-order valence-electron chi connectivity index (χ3n) is 5.16.